The lowest BCUT2D eigenvalue weighted by Crippen LogP contribution is -2.26. The van der Waals surface area contributed by atoms with Crippen molar-refractivity contribution in [3.05, 3.63) is 46.5 Å². The molecule has 0 fully saturated rings. The number of rotatable bonds is 11. The van der Waals surface area contributed by atoms with Gasteiger partial charge in [0.25, 0.3) is 0 Å². The number of aliphatic hydroxyl groups excluding tert-OH is 1. The number of hydrogen-bond donors (Lipinski definition) is 2. The van der Waals surface area contributed by atoms with E-state index in [-0.39, 0.29) is 6.61 Å². The van der Waals surface area contributed by atoms with Crippen molar-refractivity contribution in [1.29, 1.82) is 0 Å². The predicted molar refractivity (Wildman–Crippen MR) is 104 cm³/mol. The molecule has 0 aliphatic heterocycles. The number of benzene rings is 1. The molecule has 0 amide bonds. The zero-order valence-corrected chi connectivity index (χ0v) is 16.6. The standard InChI is InChI=1S/C20H27ClN2O4/c1-3-5-7-18-22-16(13-24)19(21)23(18)12-14-8-10-15(11-9-14)27-17(6-4-2)20(25)26/h8-11,17,24H,3-7,12-13H2,1-2H3,(H,25,26). The second-order valence-electron chi connectivity index (χ2n) is 6.49. The van der Waals surface area contributed by atoms with Crippen molar-refractivity contribution in [1.82, 2.24) is 9.55 Å². The van der Waals surface area contributed by atoms with Crippen LogP contribution >= 0.6 is 11.6 Å². The minimum atomic E-state index is -0.955. The number of imidazole rings is 1. The van der Waals surface area contributed by atoms with E-state index in [0.717, 1.165) is 37.1 Å². The third kappa shape index (κ3) is 5.71. The summed E-state index contributed by atoms with van der Waals surface area (Å²) < 4.78 is 7.48. The van der Waals surface area contributed by atoms with E-state index in [4.69, 9.17) is 16.3 Å². The van der Waals surface area contributed by atoms with Crippen molar-refractivity contribution in [2.24, 2.45) is 0 Å². The van der Waals surface area contributed by atoms with Gasteiger partial charge in [-0.05, 0) is 30.5 Å². The Morgan fingerprint density at radius 1 is 1.26 bits per heavy atom. The van der Waals surface area contributed by atoms with Crippen LogP contribution in [-0.2, 0) is 24.4 Å². The summed E-state index contributed by atoms with van der Waals surface area (Å²) >= 11 is 6.38. The number of carboxylic acid groups (broad SMARTS) is 1. The highest BCUT2D eigenvalue weighted by Crippen LogP contribution is 2.23. The summed E-state index contributed by atoms with van der Waals surface area (Å²) in [5, 5.41) is 19.1. The average Bonchev–Trinajstić information content (AvgIpc) is 2.96. The van der Waals surface area contributed by atoms with E-state index in [9.17, 15) is 15.0 Å². The maximum atomic E-state index is 11.2. The van der Waals surface area contributed by atoms with Crippen molar-refractivity contribution in [2.75, 3.05) is 0 Å². The van der Waals surface area contributed by atoms with Gasteiger partial charge in [0, 0.05) is 6.42 Å². The number of aromatic nitrogens is 2. The lowest BCUT2D eigenvalue weighted by atomic mass is 10.2. The third-order valence-electron chi connectivity index (χ3n) is 4.32. The van der Waals surface area contributed by atoms with E-state index in [1.807, 2.05) is 23.6 Å². The number of carbonyl (C=O) groups is 1. The minimum absolute atomic E-state index is 0.189. The highest BCUT2D eigenvalue weighted by molar-refractivity contribution is 6.30. The normalized spacial score (nSPS) is 12.1. The molecule has 0 spiro atoms. The van der Waals surface area contributed by atoms with Gasteiger partial charge in [-0.25, -0.2) is 9.78 Å². The summed E-state index contributed by atoms with van der Waals surface area (Å²) in [6.07, 6.45) is 3.21. The summed E-state index contributed by atoms with van der Waals surface area (Å²) in [7, 11) is 0. The minimum Gasteiger partial charge on any atom is -0.479 e. The number of unbranched alkanes of at least 4 members (excludes halogenated alkanes) is 1. The number of carboxylic acids is 1. The van der Waals surface area contributed by atoms with Crippen LogP contribution in [0.4, 0.5) is 0 Å². The smallest absolute Gasteiger partial charge is 0.344 e. The number of aliphatic hydroxyl groups is 1. The third-order valence-corrected chi connectivity index (χ3v) is 4.75. The molecule has 2 rings (SSSR count). The van der Waals surface area contributed by atoms with E-state index in [0.29, 0.717) is 29.6 Å². The van der Waals surface area contributed by atoms with Crippen LogP contribution in [0.5, 0.6) is 5.75 Å². The average molecular weight is 395 g/mol. The van der Waals surface area contributed by atoms with Crippen LogP contribution in [0.15, 0.2) is 24.3 Å². The molecule has 1 unspecified atom stereocenters. The number of halogens is 1. The van der Waals surface area contributed by atoms with Gasteiger partial charge >= 0.3 is 5.97 Å². The second-order valence-corrected chi connectivity index (χ2v) is 6.85. The van der Waals surface area contributed by atoms with Gasteiger partial charge in [0.05, 0.1) is 13.2 Å². The van der Waals surface area contributed by atoms with Crippen molar-refractivity contribution < 1.29 is 19.7 Å². The zero-order chi connectivity index (χ0) is 19.8. The van der Waals surface area contributed by atoms with E-state index in [1.165, 1.54) is 0 Å². The molecule has 6 nitrogen and oxygen atoms in total. The summed E-state index contributed by atoms with van der Waals surface area (Å²) in [6, 6.07) is 7.31. The van der Waals surface area contributed by atoms with Crippen LogP contribution in [0.1, 0.15) is 56.6 Å². The van der Waals surface area contributed by atoms with Crippen molar-refractivity contribution in [3.63, 3.8) is 0 Å². The van der Waals surface area contributed by atoms with Gasteiger partial charge in [-0.1, -0.05) is 50.4 Å². The van der Waals surface area contributed by atoms with E-state index >= 15 is 0 Å². The fourth-order valence-electron chi connectivity index (χ4n) is 2.83. The maximum absolute atomic E-state index is 11.2. The van der Waals surface area contributed by atoms with Crippen LogP contribution in [-0.4, -0.2) is 31.8 Å². The molecule has 1 heterocycles. The Hall–Kier alpha value is -2.05. The lowest BCUT2D eigenvalue weighted by molar-refractivity contribution is -0.145. The molecule has 7 heteroatoms. The Labute approximate surface area is 164 Å². The molecular weight excluding hydrogens is 368 g/mol. The fourth-order valence-corrected chi connectivity index (χ4v) is 3.09. The van der Waals surface area contributed by atoms with Crippen LogP contribution in [0.3, 0.4) is 0 Å². The second kappa shape index (κ2) is 10.3. The summed E-state index contributed by atoms with van der Waals surface area (Å²) in [6.45, 7) is 4.38. The van der Waals surface area contributed by atoms with Crippen molar-refractivity contribution in [3.8, 4) is 5.75 Å². The van der Waals surface area contributed by atoms with Crippen LogP contribution in [0.25, 0.3) is 0 Å². The molecule has 0 saturated carbocycles. The Morgan fingerprint density at radius 3 is 2.52 bits per heavy atom. The molecule has 27 heavy (non-hydrogen) atoms. The van der Waals surface area contributed by atoms with Crippen LogP contribution in [0.2, 0.25) is 5.15 Å². The first-order valence-corrected chi connectivity index (χ1v) is 9.70. The molecule has 1 aromatic heterocycles. The number of nitrogens with zero attached hydrogens (tertiary/aromatic N) is 2. The summed E-state index contributed by atoms with van der Waals surface area (Å²) in [4.78, 5) is 15.7. The van der Waals surface area contributed by atoms with E-state index in [1.54, 1.807) is 12.1 Å². The van der Waals surface area contributed by atoms with Gasteiger partial charge in [0.15, 0.2) is 6.10 Å². The van der Waals surface area contributed by atoms with Gasteiger partial charge in [-0.3, -0.25) is 0 Å². The highest BCUT2D eigenvalue weighted by atomic mass is 35.5. The predicted octanol–water partition coefficient (Wildman–Crippen LogP) is 4.05. The molecule has 0 aliphatic rings. The molecule has 0 aliphatic carbocycles. The van der Waals surface area contributed by atoms with Crippen LogP contribution < -0.4 is 4.74 Å². The summed E-state index contributed by atoms with van der Waals surface area (Å²) in [5.41, 5.74) is 1.48. The van der Waals surface area contributed by atoms with E-state index in [2.05, 4.69) is 11.9 Å². The largest absolute Gasteiger partial charge is 0.479 e. The van der Waals surface area contributed by atoms with Gasteiger partial charge in [0.1, 0.15) is 22.4 Å². The molecule has 0 radical (unpaired) electrons. The SMILES string of the molecule is CCCCc1nc(CO)c(Cl)n1Cc1ccc(OC(CCC)C(=O)O)cc1. The molecule has 1 aromatic carbocycles. The Morgan fingerprint density at radius 2 is 1.96 bits per heavy atom. The number of hydrogen-bond acceptors (Lipinski definition) is 4. The Balaban J connectivity index is 2.14. The molecule has 0 saturated heterocycles. The molecule has 1 atom stereocenters. The molecule has 0 bridgehead atoms. The first-order chi connectivity index (χ1) is 13.0. The number of aliphatic carboxylic acids is 1. The molecule has 2 N–H and O–H groups in total. The van der Waals surface area contributed by atoms with Crippen molar-refractivity contribution in [2.45, 2.75) is 65.2 Å². The Kier molecular flexibility index (Phi) is 8.13. The molecule has 148 valence electrons. The Bertz CT molecular complexity index is 743. The maximum Gasteiger partial charge on any atom is 0.344 e. The fraction of sp³-hybridized carbons (Fsp3) is 0.500. The summed E-state index contributed by atoms with van der Waals surface area (Å²) in [5.74, 6) is 0.432. The van der Waals surface area contributed by atoms with Gasteiger partial charge < -0.3 is 19.5 Å². The zero-order valence-electron chi connectivity index (χ0n) is 15.8. The lowest BCUT2D eigenvalue weighted by Gasteiger charge is -2.15. The molecular formula is C20H27ClN2O4. The van der Waals surface area contributed by atoms with Gasteiger partial charge in [0.2, 0.25) is 0 Å². The van der Waals surface area contributed by atoms with Crippen LogP contribution in [0, 0.1) is 0 Å². The topological polar surface area (TPSA) is 84.6 Å². The van der Waals surface area contributed by atoms with Gasteiger partial charge in [-0.15, -0.1) is 0 Å². The number of ether oxygens (including phenoxy) is 1. The molecule has 2 aromatic rings. The first kappa shape index (κ1) is 21.3. The van der Waals surface area contributed by atoms with Gasteiger partial charge in [-0.2, -0.15) is 0 Å². The monoisotopic (exact) mass is 394 g/mol. The van der Waals surface area contributed by atoms with Crippen molar-refractivity contribution >= 4 is 17.6 Å². The number of aryl methyl sites for hydroxylation is 1. The van der Waals surface area contributed by atoms with E-state index < -0.39 is 12.1 Å². The first-order valence-electron chi connectivity index (χ1n) is 9.33. The highest BCUT2D eigenvalue weighted by Gasteiger charge is 2.18. The quantitative estimate of drug-likeness (QED) is 0.600.